The lowest BCUT2D eigenvalue weighted by Gasteiger charge is -2.06. The van der Waals surface area contributed by atoms with Gasteiger partial charge < -0.3 is 9.47 Å². The molecule has 0 unspecified atom stereocenters. The predicted molar refractivity (Wildman–Crippen MR) is 123 cm³/mol. The van der Waals surface area contributed by atoms with E-state index >= 15 is 0 Å². The quantitative estimate of drug-likeness (QED) is 0.151. The van der Waals surface area contributed by atoms with Crippen molar-refractivity contribution in [3.63, 3.8) is 0 Å². The van der Waals surface area contributed by atoms with Gasteiger partial charge in [-0.3, -0.25) is 4.79 Å². The molecule has 0 atom stereocenters. The van der Waals surface area contributed by atoms with E-state index in [1.54, 1.807) is 49.6 Å². The number of ether oxygens (including phenoxy) is 2. The Balaban J connectivity index is 1.75. The summed E-state index contributed by atoms with van der Waals surface area (Å²) in [7, 11) is 1.57. The molecule has 0 heterocycles. The lowest BCUT2D eigenvalue weighted by atomic mass is 10.1. The molecule has 1 N–H and O–H groups in total. The van der Waals surface area contributed by atoms with Crippen LogP contribution in [0.25, 0.3) is 0 Å². The molecule has 0 aliphatic rings. The van der Waals surface area contributed by atoms with Gasteiger partial charge in [0.05, 0.1) is 18.9 Å². The standard InChI is InChI=1S/C25H32N2O4/c1-3-4-5-6-7-8-9-13-24(28)27-26-19-20-11-10-12-23(18-20)31-25(29)21-14-16-22(30-2)17-15-21/h10-12,14-19H,3-9,13H2,1-2H3,(H,27,28). The number of hydrazone groups is 1. The minimum absolute atomic E-state index is 0.0908. The first-order chi connectivity index (χ1) is 15.1. The highest BCUT2D eigenvalue weighted by molar-refractivity contribution is 5.91. The number of hydrogen-bond acceptors (Lipinski definition) is 5. The van der Waals surface area contributed by atoms with E-state index < -0.39 is 5.97 Å². The van der Waals surface area contributed by atoms with Crippen LogP contribution in [0.3, 0.4) is 0 Å². The molecule has 0 aliphatic carbocycles. The molecule has 0 spiro atoms. The summed E-state index contributed by atoms with van der Waals surface area (Å²) in [5.41, 5.74) is 3.70. The van der Waals surface area contributed by atoms with E-state index in [2.05, 4.69) is 17.5 Å². The van der Waals surface area contributed by atoms with Crippen molar-refractivity contribution in [3.05, 3.63) is 59.7 Å². The number of carbonyl (C=O) groups is 2. The van der Waals surface area contributed by atoms with E-state index in [4.69, 9.17) is 9.47 Å². The highest BCUT2D eigenvalue weighted by atomic mass is 16.5. The Morgan fingerprint density at radius 2 is 1.65 bits per heavy atom. The van der Waals surface area contributed by atoms with Crippen molar-refractivity contribution in [1.82, 2.24) is 5.43 Å². The molecule has 6 nitrogen and oxygen atoms in total. The number of methoxy groups -OCH3 is 1. The van der Waals surface area contributed by atoms with Gasteiger partial charge in [0, 0.05) is 6.42 Å². The summed E-state index contributed by atoms with van der Waals surface area (Å²) < 4.78 is 10.5. The average molecular weight is 425 g/mol. The fourth-order valence-electron chi connectivity index (χ4n) is 3.03. The minimum atomic E-state index is -0.459. The van der Waals surface area contributed by atoms with Crippen molar-refractivity contribution in [3.8, 4) is 11.5 Å². The summed E-state index contributed by atoms with van der Waals surface area (Å²) >= 11 is 0. The molecule has 2 aromatic rings. The number of rotatable bonds is 13. The topological polar surface area (TPSA) is 77.0 Å². The summed E-state index contributed by atoms with van der Waals surface area (Å²) in [5.74, 6) is 0.523. The van der Waals surface area contributed by atoms with E-state index in [1.807, 2.05) is 6.07 Å². The molecule has 0 aliphatic heterocycles. The molecule has 0 saturated carbocycles. The van der Waals surface area contributed by atoms with Crippen LogP contribution in [0.2, 0.25) is 0 Å². The van der Waals surface area contributed by atoms with Gasteiger partial charge >= 0.3 is 5.97 Å². The van der Waals surface area contributed by atoms with Crippen LogP contribution in [0.15, 0.2) is 53.6 Å². The molecule has 0 fully saturated rings. The fourth-order valence-corrected chi connectivity index (χ4v) is 3.03. The molecule has 6 heteroatoms. The van der Waals surface area contributed by atoms with Gasteiger partial charge in [-0.05, 0) is 48.4 Å². The highest BCUT2D eigenvalue weighted by Gasteiger charge is 2.09. The van der Waals surface area contributed by atoms with Crippen molar-refractivity contribution in [1.29, 1.82) is 0 Å². The second-order valence-electron chi connectivity index (χ2n) is 7.36. The Morgan fingerprint density at radius 3 is 2.35 bits per heavy atom. The minimum Gasteiger partial charge on any atom is -0.497 e. The monoisotopic (exact) mass is 424 g/mol. The zero-order chi connectivity index (χ0) is 22.3. The highest BCUT2D eigenvalue weighted by Crippen LogP contribution is 2.16. The summed E-state index contributed by atoms with van der Waals surface area (Å²) in [6.07, 6.45) is 10.2. The first-order valence-electron chi connectivity index (χ1n) is 10.9. The maximum absolute atomic E-state index is 12.3. The van der Waals surface area contributed by atoms with Crippen LogP contribution >= 0.6 is 0 Å². The smallest absolute Gasteiger partial charge is 0.343 e. The lowest BCUT2D eigenvalue weighted by molar-refractivity contribution is -0.121. The van der Waals surface area contributed by atoms with Gasteiger partial charge in [0.2, 0.25) is 5.91 Å². The Labute approximate surface area is 184 Å². The van der Waals surface area contributed by atoms with Crippen LogP contribution in [-0.2, 0) is 4.79 Å². The summed E-state index contributed by atoms with van der Waals surface area (Å²) in [6.45, 7) is 2.20. The van der Waals surface area contributed by atoms with Crippen LogP contribution < -0.4 is 14.9 Å². The zero-order valence-electron chi connectivity index (χ0n) is 18.4. The third-order valence-electron chi connectivity index (χ3n) is 4.80. The van der Waals surface area contributed by atoms with Gasteiger partial charge in [0.25, 0.3) is 0 Å². The number of nitrogens with one attached hydrogen (secondary N) is 1. The molecule has 1 amide bonds. The molecular formula is C25H32N2O4. The van der Waals surface area contributed by atoms with Gasteiger partial charge in [0.15, 0.2) is 0 Å². The second kappa shape index (κ2) is 14.0. The van der Waals surface area contributed by atoms with Crippen molar-refractivity contribution in [2.45, 2.75) is 58.3 Å². The lowest BCUT2D eigenvalue weighted by Crippen LogP contribution is -2.16. The molecule has 0 bridgehead atoms. The van der Waals surface area contributed by atoms with Crippen LogP contribution in [0, 0.1) is 0 Å². The van der Waals surface area contributed by atoms with Crippen LogP contribution in [-0.4, -0.2) is 25.2 Å². The van der Waals surface area contributed by atoms with Gasteiger partial charge in [-0.25, -0.2) is 10.2 Å². The number of unbranched alkanes of at least 4 members (excludes halogenated alkanes) is 6. The van der Waals surface area contributed by atoms with E-state index in [-0.39, 0.29) is 5.91 Å². The molecule has 0 saturated heterocycles. The van der Waals surface area contributed by atoms with Gasteiger partial charge in [-0.15, -0.1) is 0 Å². The number of benzene rings is 2. The largest absolute Gasteiger partial charge is 0.497 e. The number of carbonyl (C=O) groups excluding carboxylic acids is 2. The SMILES string of the molecule is CCCCCCCCCC(=O)NN=Cc1cccc(OC(=O)c2ccc(OC)cc2)c1. The van der Waals surface area contributed by atoms with Gasteiger partial charge in [-0.2, -0.15) is 5.10 Å². The Hall–Kier alpha value is -3.15. The molecule has 2 aromatic carbocycles. The average Bonchev–Trinajstić information content (AvgIpc) is 2.79. The third kappa shape index (κ3) is 9.47. The van der Waals surface area contributed by atoms with Crippen molar-refractivity contribution in [2.75, 3.05) is 7.11 Å². The van der Waals surface area contributed by atoms with E-state index in [0.29, 0.717) is 23.5 Å². The van der Waals surface area contributed by atoms with Crippen molar-refractivity contribution < 1.29 is 19.1 Å². The Kier molecular flexibility index (Phi) is 10.9. The second-order valence-corrected chi connectivity index (χ2v) is 7.36. The maximum Gasteiger partial charge on any atom is 0.343 e. The molecule has 0 aromatic heterocycles. The molecule has 2 rings (SSSR count). The number of esters is 1. The third-order valence-corrected chi connectivity index (χ3v) is 4.80. The zero-order valence-corrected chi connectivity index (χ0v) is 18.4. The molecule has 166 valence electrons. The maximum atomic E-state index is 12.3. The summed E-state index contributed by atoms with van der Waals surface area (Å²) in [5, 5.41) is 4.00. The van der Waals surface area contributed by atoms with Crippen molar-refractivity contribution in [2.24, 2.45) is 5.10 Å². The predicted octanol–water partition coefficient (Wildman–Crippen LogP) is 5.51. The fraction of sp³-hybridized carbons (Fsp3) is 0.400. The van der Waals surface area contributed by atoms with Crippen LogP contribution in [0.5, 0.6) is 11.5 Å². The first kappa shape index (κ1) is 24.1. The number of nitrogens with zero attached hydrogens (tertiary/aromatic N) is 1. The Morgan fingerprint density at radius 1 is 0.935 bits per heavy atom. The van der Waals surface area contributed by atoms with E-state index in [0.717, 1.165) is 18.4 Å². The van der Waals surface area contributed by atoms with Gasteiger partial charge in [-0.1, -0.05) is 57.6 Å². The first-order valence-corrected chi connectivity index (χ1v) is 10.9. The van der Waals surface area contributed by atoms with Crippen molar-refractivity contribution >= 4 is 18.1 Å². The van der Waals surface area contributed by atoms with E-state index in [9.17, 15) is 9.59 Å². The van der Waals surface area contributed by atoms with Crippen LogP contribution in [0.4, 0.5) is 0 Å². The summed E-state index contributed by atoms with van der Waals surface area (Å²) in [6, 6.07) is 13.7. The van der Waals surface area contributed by atoms with E-state index in [1.165, 1.54) is 38.3 Å². The number of amides is 1. The molecular weight excluding hydrogens is 392 g/mol. The van der Waals surface area contributed by atoms with Crippen LogP contribution in [0.1, 0.15) is 74.2 Å². The molecule has 0 radical (unpaired) electrons. The summed E-state index contributed by atoms with van der Waals surface area (Å²) in [4.78, 5) is 24.2. The Bertz CT molecular complexity index is 847. The number of hydrogen-bond donors (Lipinski definition) is 1. The van der Waals surface area contributed by atoms with Gasteiger partial charge in [0.1, 0.15) is 11.5 Å². The molecule has 31 heavy (non-hydrogen) atoms. The normalized spacial score (nSPS) is 10.8.